The zero-order valence-electron chi connectivity index (χ0n) is 11.5. The summed E-state index contributed by atoms with van der Waals surface area (Å²) in [4.78, 5) is 29.2. The fourth-order valence-corrected chi connectivity index (χ4v) is 2.39. The Balaban J connectivity index is 1.94. The van der Waals surface area contributed by atoms with Crippen LogP contribution in [0, 0.1) is 0 Å². The summed E-state index contributed by atoms with van der Waals surface area (Å²) in [6.45, 7) is 2.42. The summed E-state index contributed by atoms with van der Waals surface area (Å²) in [5, 5.41) is 15.7. The lowest BCUT2D eigenvalue weighted by Crippen LogP contribution is -2.30. The van der Waals surface area contributed by atoms with Crippen molar-refractivity contribution in [3.05, 3.63) is 41.0 Å². The number of aromatic nitrogens is 3. The maximum atomic E-state index is 12.5. The summed E-state index contributed by atoms with van der Waals surface area (Å²) in [6, 6.07) is 4.83. The molecule has 7 heteroatoms. The summed E-state index contributed by atoms with van der Waals surface area (Å²) in [6.07, 6.45) is 1.37. The lowest BCUT2D eigenvalue weighted by atomic mass is 10.1. The van der Waals surface area contributed by atoms with Gasteiger partial charge < -0.3 is 10.0 Å². The first-order valence-electron chi connectivity index (χ1n) is 6.69. The molecule has 1 aromatic heterocycles. The van der Waals surface area contributed by atoms with Crippen LogP contribution >= 0.6 is 0 Å². The Hall–Kier alpha value is -2.70. The van der Waals surface area contributed by atoms with E-state index >= 15 is 0 Å². The van der Waals surface area contributed by atoms with Gasteiger partial charge in [0.1, 0.15) is 5.82 Å². The first-order valence-corrected chi connectivity index (χ1v) is 6.69. The van der Waals surface area contributed by atoms with Gasteiger partial charge in [0.25, 0.3) is 5.91 Å². The van der Waals surface area contributed by atoms with Crippen LogP contribution in [0.1, 0.15) is 39.3 Å². The minimum Gasteiger partial charge on any atom is -0.478 e. The average Bonchev–Trinajstić information content (AvgIpc) is 3.12. The van der Waals surface area contributed by atoms with Crippen molar-refractivity contribution in [2.45, 2.75) is 19.8 Å². The third-order valence-electron chi connectivity index (χ3n) is 3.53. The van der Waals surface area contributed by atoms with E-state index in [-0.39, 0.29) is 17.3 Å². The van der Waals surface area contributed by atoms with E-state index in [1.54, 1.807) is 12.1 Å². The number of rotatable bonds is 3. The summed E-state index contributed by atoms with van der Waals surface area (Å²) >= 11 is 0. The molecule has 0 radical (unpaired) electrons. The monoisotopic (exact) mass is 286 g/mol. The van der Waals surface area contributed by atoms with Gasteiger partial charge in [-0.3, -0.25) is 9.89 Å². The molecule has 1 aromatic carbocycles. The van der Waals surface area contributed by atoms with Crippen LogP contribution in [0.25, 0.3) is 0 Å². The summed E-state index contributed by atoms with van der Waals surface area (Å²) in [7, 11) is 0. The number of carbonyl (C=O) groups is 2. The highest BCUT2D eigenvalue weighted by Crippen LogP contribution is 2.30. The van der Waals surface area contributed by atoms with E-state index in [0.717, 1.165) is 5.56 Å². The molecule has 2 heterocycles. The Kier molecular flexibility index (Phi) is 3.17. The van der Waals surface area contributed by atoms with Gasteiger partial charge >= 0.3 is 5.97 Å². The molecule has 0 fully saturated rings. The number of H-pyrrole nitrogens is 1. The van der Waals surface area contributed by atoms with Gasteiger partial charge in [-0.2, -0.15) is 0 Å². The van der Waals surface area contributed by atoms with Gasteiger partial charge in [0.05, 0.1) is 5.56 Å². The van der Waals surface area contributed by atoms with E-state index in [2.05, 4.69) is 15.2 Å². The van der Waals surface area contributed by atoms with Crippen LogP contribution in [0.3, 0.4) is 0 Å². The smallest absolute Gasteiger partial charge is 0.335 e. The molecule has 2 aromatic rings. The van der Waals surface area contributed by atoms with E-state index in [1.165, 1.54) is 11.0 Å². The lowest BCUT2D eigenvalue weighted by Gasteiger charge is -2.15. The highest BCUT2D eigenvalue weighted by atomic mass is 16.4. The number of hydrogen-bond acceptors (Lipinski definition) is 4. The van der Waals surface area contributed by atoms with E-state index in [4.69, 9.17) is 5.11 Å². The minimum atomic E-state index is -1.01. The van der Waals surface area contributed by atoms with Crippen molar-refractivity contribution in [3.63, 3.8) is 0 Å². The van der Waals surface area contributed by atoms with Crippen molar-refractivity contribution in [1.29, 1.82) is 0 Å². The molecule has 0 spiro atoms. The molecule has 108 valence electrons. The number of fused-ring (bicyclic) bond motifs is 1. The minimum absolute atomic E-state index is 0.112. The van der Waals surface area contributed by atoms with Gasteiger partial charge in [-0.15, -0.1) is 5.10 Å². The largest absolute Gasteiger partial charge is 0.478 e. The topological polar surface area (TPSA) is 99.2 Å². The first kappa shape index (κ1) is 13.3. The first-order chi connectivity index (χ1) is 10.1. The molecule has 0 saturated heterocycles. The van der Waals surface area contributed by atoms with Crippen LogP contribution in [-0.2, 0) is 12.8 Å². The summed E-state index contributed by atoms with van der Waals surface area (Å²) in [5.41, 5.74) is 1.75. The Labute approximate surface area is 120 Å². The number of aryl methyl sites for hydroxylation is 1. The maximum absolute atomic E-state index is 12.5. The standard InChI is InChI=1S/C14H14N4O3/c1-2-11-15-12(17-16-11)13(19)18-6-5-8-3-4-9(14(20)21)7-10(8)18/h3-4,7H,2,5-6H2,1H3,(H,20,21)(H,15,16,17). The number of nitrogens with zero attached hydrogens (tertiary/aromatic N) is 3. The van der Waals surface area contributed by atoms with E-state index in [1.807, 2.05) is 6.92 Å². The molecule has 0 unspecified atom stereocenters. The van der Waals surface area contributed by atoms with Crippen molar-refractivity contribution in [1.82, 2.24) is 15.2 Å². The van der Waals surface area contributed by atoms with Crippen molar-refractivity contribution in [3.8, 4) is 0 Å². The molecule has 0 atom stereocenters. The molecule has 0 bridgehead atoms. The van der Waals surface area contributed by atoms with E-state index in [9.17, 15) is 9.59 Å². The van der Waals surface area contributed by atoms with E-state index < -0.39 is 5.97 Å². The molecule has 1 amide bonds. The average molecular weight is 286 g/mol. The third-order valence-corrected chi connectivity index (χ3v) is 3.53. The van der Waals surface area contributed by atoms with Gasteiger partial charge in [-0.25, -0.2) is 9.78 Å². The zero-order valence-corrected chi connectivity index (χ0v) is 11.5. The van der Waals surface area contributed by atoms with Crippen LogP contribution in [-0.4, -0.2) is 38.7 Å². The molecule has 7 nitrogen and oxygen atoms in total. The number of carbonyl (C=O) groups excluding carboxylic acids is 1. The third kappa shape index (κ3) is 2.26. The van der Waals surface area contributed by atoms with Crippen molar-refractivity contribution >= 4 is 17.6 Å². The van der Waals surface area contributed by atoms with Crippen molar-refractivity contribution < 1.29 is 14.7 Å². The number of nitrogens with one attached hydrogen (secondary N) is 1. The van der Waals surface area contributed by atoms with E-state index in [0.29, 0.717) is 30.9 Å². The fraction of sp³-hybridized carbons (Fsp3) is 0.286. The van der Waals surface area contributed by atoms with Crippen LogP contribution < -0.4 is 4.90 Å². The molecule has 21 heavy (non-hydrogen) atoms. The number of aromatic amines is 1. The summed E-state index contributed by atoms with van der Waals surface area (Å²) < 4.78 is 0. The van der Waals surface area contributed by atoms with Crippen LogP contribution in [0.4, 0.5) is 5.69 Å². The predicted octanol–water partition coefficient (Wildman–Crippen LogP) is 1.27. The van der Waals surface area contributed by atoms with Crippen LogP contribution in [0.15, 0.2) is 18.2 Å². The van der Waals surface area contributed by atoms with Crippen LogP contribution in [0.5, 0.6) is 0 Å². The molecule has 0 aliphatic carbocycles. The quantitative estimate of drug-likeness (QED) is 0.885. The molecule has 2 N–H and O–H groups in total. The predicted molar refractivity (Wildman–Crippen MR) is 74.5 cm³/mol. The Morgan fingerprint density at radius 2 is 2.24 bits per heavy atom. The maximum Gasteiger partial charge on any atom is 0.335 e. The van der Waals surface area contributed by atoms with Gasteiger partial charge in [0, 0.05) is 18.7 Å². The number of benzene rings is 1. The number of aromatic carboxylic acids is 1. The molecular weight excluding hydrogens is 272 g/mol. The highest BCUT2D eigenvalue weighted by Gasteiger charge is 2.28. The molecule has 0 saturated carbocycles. The second kappa shape index (κ2) is 5.01. The van der Waals surface area contributed by atoms with Gasteiger partial charge in [-0.05, 0) is 24.1 Å². The lowest BCUT2D eigenvalue weighted by molar-refractivity contribution is 0.0696. The highest BCUT2D eigenvalue weighted by molar-refractivity contribution is 6.05. The second-order valence-corrected chi connectivity index (χ2v) is 4.81. The second-order valence-electron chi connectivity index (χ2n) is 4.81. The molecular formula is C14H14N4O3. The van der Waals surface area contributed by atoms with Crippen molar-refractivity contribution in [2.24, 2.45) is 0 Å². The number of carboxylic acid groups (broad SMARTS) is 1. The zero-order chi connectivity index (χ0) is 15.0. The van der Waals surface area contributed by atoms with Gasteiger partial charge in [0.15, 0.2) is 0 Å². The number of hydrogen-bond donors (Lipinski definition) is 2. The Morgan fingerprint density at radius 3 is 2.90 bits per heavy atom. The Morgan fingerprint density at radius 1 is 1.43 bits per heavy atom. The van der Waals surface area contributed by atoms with Crippen molar-refractivity contribution in [2.75, 3.05) is 11.4 Å². The normalized spacial score (nSPS) is 13.3. The molecule has 1 aliphatic heterocycles. The van der Waals surface area contributed by atoms with Gasteiger partial charge in [0.2, 0.25) is 5.82 Å². The van der Waals surface area contributed by atoms with Gasteiger partial charge in [-0.1, -0.05) is 13.0 Å². The Bertz CT molecular complexity index is 723. The fourth-order valence-electron chi connectivity index (χ4n) is 2.39. The van der Waals surface area contributed by atoms with Crippen LogP contribution in [0.2, 0.25) is 0 Å². The molecule has 3 rings (SSSR count). The molecule has 1 aliphatic rings. The number of anilines is 1. The number of amides is 1. The summed E-state index contributed by atoms with van der Waals surface area (Å²) in [5.74, 6) is -0.562. The SMILES string of the molecule is CCc1nc(C(=O)N2CCc3ccc(C(=O)O)cc32)n[nH]1. The number of carboxylic acids is 1.